The van der Waals surface area contributed by atoms with Crippen molar-refractivity contribution >= 4 is 34.7 Å². The van der Waals surface area contributed by atoms with Gasteiger partial charge in [0.1, 0.15) is 5.75 Å². The Balaban J connectivity index is 1.91. The second kappa shape index (κ2) is 7.78. The number of hydrogen-bond donors (Lipinski definition) is 1. The van der Waals surface area contributed by atoms with E-state index in [9.17, 15) is 4.79 Å². The van der Waals surface area contributed by atoms with Crippen molar-refractivity contribution in [2.45, 2.75) is 6.42 Å². The zero-order valence-electron chi connectivity index (χ0n) is 11.5. The fourth-order valence-electron chi connectivity index (χ4n) is 1.76. The predicted molar refractivity (Wildman–Crippen MR) is 91.6 cm³/mol. The van der Waals surface area contributed by atoms with Crippen LogP contribution in [0.3, 0.4) is 0 Å². The number of methoxy groups -OCH3 is 1. The van der Waals surface area contributed by atoms with Crippen LogP contribution in [0, 0.1) is 3.57 Å². The first-order valence-electron chi connectivity index (χ1n) is 6.38. The summed E-state index contributed by atoms with van der Waals surface area (Å²) in [5, 5.41) is 3.98. The lowest BCUT2D eigenvalue weighted by molar-refractivity contribution is -0.120. The van der Waals surface area contributed by atoms with E-state index in [4.69, 9.17) is 4.74 Å². The molecule has 0 aliphatic carbocycles. The van der Waals surface area contributed by atoms with Crippen molar-refractivity contribution in [2.75, 3.05) is 7.11 Å². The van der Waals surface area contributed by atoms with Crippen LogP contribution < -0.4 is 10.2 Å². The molecular formula is C16H15IN2O2. The van der Waals surface area contributed by atoms with Gasteiger partial charge in [0, 0.05) is 9.13 Å². The van der Waals surface area contributed by atoms with Crippen molar-refractivity contribution in [3.63, 3.8) is 0 Å². The monoisotopic (exact) mass is 394 g/mol. The summed E-state index contributed by atoms with van der Waals surface area (Å²) < 4.78 is 6.21. The highest BCUT2D eigenvalue weighted by molar-refractivity contribution is 14.1. The van der Waals surface area contributed by atoms with Crippen LogP contribution in [-0.4, -0.2) is 19.2 Å². The number of halogens is 1. The minimum atomic E-state index is -0.162. The molecule has 1 N–H and O–H groups in total. The molecule has 4 nitrogen and oxygen atoms in total. The summed E-state index contributed by atoms with van der Waals surface area (Å²) >= 11 is 2.23. The number of hydrazone groups is 1. The van der Waals surface area contributed by atoms with Crippen LogP contribution in [-0.2, 0) is 11.2 Å². The number of nitrogens with one attached hydrogen (secondary N) is 1. The maximum Gasteiger partial charge on any atom is 0.244 e. The van der Waals surface area contributed by atoms with Gasteiger partial charge in [-0.2, -0.15) is 5.10 Å². The third-order valence-electron chi connectivity index (χ3n) is 2.80. The molecule has 1 amide bonds. The van der Waals surface area contributed by atoms with Crippen molar-refractivity contribution < 1.29 is 9.53 Å². The molecule has 0 aliphatic rings. The van der Waals surface area contributed by atoms with Crippen molar-refractivity contribution in [3.8, 4) is 5.75 Å². The second-order valence-corrected chi connectivity index (χ2v) is 5.51. The summed E-state index contributed by atoms with van der Waals surface area (Å²) in [5.41, 5.74) is 4.39. The Hall–Kier alpha value is -1.89. The van der Waals surface area contributed by atoms with Crippen molar-refractivity contribution in [3.05, 3.63) is 63.2 Å². The average Bonchev–Trinajstić information content (AvgIpc) is 2.49. The Labute approximate surface area is 137 Å². The Kier molecular flexibility index (Phi) is 5.74. The number of hydrogen-bond acceptors (Lipinski definition) is 3. The molecule has 2 aromatic rings. The molecular weight excluding hydrogens is 379 g/mol. The van der Waals surface area contributed by atoms with E-state index < -0.39 is 0 Å². The van der Waals surface area contributed by atoms with Gasteiger partial charge in [-0.1, -0.05) is 30.3 Å². The fraction of sp³-hybridized carbons (Fsp3) is 0.125. The van der Waals surface area contributed by atoms with Gasteiger partial charge < -0.3 is 4.74 Å². The normalized spacial score (nSPS) is 10.6. The van der Waals surface area contributed by atoms with Crippen LogP contribution in [0.1, 0.15) is 11.1 Å². The Bertz CT molecular complexity index is 656. The van der Waals surface area contributed by atoms with Crippen molar-refractivity contribution in [1.29, 1.82) is 0 Å². The van der Waals surface area contributed by atoms with Gasteiger partial charge in [-0.3, -0.25) is 4.79 Å². The van der Waals surface area contributed by atoms with Gasteiger partial charge in [0.05, 0.1) is 19.7 Å². The number of carbonyl (C=O) groups is 1. The van der Waals surface area contributed by atoms with E-state index in [1.807, 2.05) is 48.5 Å². The van der Waals surface area contributed by atoms with E-state index >= 15 is 0 Å². The molecule has 0 saturated carbocycles. The molecule has 0 atom stereocenters. The molecule has 108 valence electrons. The highest BCUT2D eigenvalue weighted by Crippen LogP contribution is 2.13. The number of ether oxygens (including phenoxy) is 1. The van der Waals surface area contributed by atoms with Gasteiger partial charge >= 0.3 is 0 Å². The molecule has 0 heterocycles. The molecule has 0 radical (unpaired) electrons. The van der Waals surface area contributed by atoms with E-state index in [0.29, 0.717) is 0 Å². The van der Waals surface area contributed by atoms with E-state index in [1.165, 1.54) is 0 Å². The van der Waals surface area contributed by atoms with Gasteiger partial charge in [-0.15, -0.1) is 0 Å². The van der Waals surface area contributed by atoms with Crippen LogP contribution in [0.2, 0.25) is 0 Å². The molecule has 0 spiro atoms. The largest absolute Gasteiger partial charge is 0.497 e. The smallest absolute Gasteiger partial charge is 0.244 e. The van der Waals surface area contributed by atoms with Crippen LogP contribution in [0.5, 0.6) is 5.75 Å². The first-order chi connectivity index (χ1) is 10.2. The molecule has 0 saturated heterocycles. The van der Waals surface area contributed by atoms with Crippen LogP contribution in [0.15, 0.2) is 53.6 Å². The summed E-state index contributed by atoms with van der Waals surface area (Å²) in [4.78, 5) is 11.8. The number of nitrogens with zero attached hydrogens (tertiary/aromatic N) is 1. The molecule has 0 aromatic heterocycles. The van der Waals surface area contributed by atoms with Crippen LogP contribution >= 0.6 is 22.6 Å². The number of amides is 1. The Morgan fingerprint density at radius 2 is 2.10 bits per heavy atom. The Morgan fingerprint density at radius 3 is 2.86 bits per heavy atom. The lowest BCUT2D eigenvalue weighted by Gasteiger charge is -2.03. The predicted octanol–water partition coefficient (Wildman–Crippen LogP) is 2.99. The van der Waals surface area contributed by atoms with Gasteiger partial charge in [0.15, 0.2) is 0 Å². The van der Waals surface area contributed by atoms with Gasteiger partial charge in [0.25, 0.3) is 0 Å². The zero-order chi connectivity index (χ0) is 15.1. The SMILES string of the molecule is COc1cccc(CC(=O)N/N=C/c2ccccc2I)c1. The molecule has 0 aliphatic heterocycles. The summed E-state index contributed by atoms with van der Waals surface area (Å²) in [5.74, 6) is 0.577. The van der Waals surface area contributed by atoms with Crippen molar-refractivity contribution in [2.24, 2.45) is 5.10 Å². The lowest BCUT2D eigenvalue weighted by Crippen LogP contribution is -2.19. The van der Waals surface area contributed by atoms with E-state index in [1.54, 1.807) is 13.3 Å². The molecule has 2 aromatic carbocycles. The molecule has 2 rings (SSSR count). The molecule has 0 bridgehead atoms. The summed E-state index contributed by atoms with van der Waals surface area (Å²) in [6, 6.07) is 15.2. The zero-order valence-corrected chi connectivity index (χ0v) is 13.7. The van der Waals surface area contributed by atoms with Gasteiger partial charge in [-0.25, -0.2) is 5.43 Å². The van der Waals surface area contributed by atoms with E-state index in [2.05, 4.69) is 33.1 Å². The third kappa shape index (κ3) is 4.86. The fourth-order valence-corrected chi connectivity index (χ4v) is 2.29. The maximum atomic E-state index is 11.8. The summed E-state index contributed by atoms with van der Waals surface area (Å²) in [6.07, 6.45) is 1.91. The van der Waals surface area contributed by atoms with Gasteiger partial charge in [0.2, 0.25) is 5.91 Å². The summed E-state index contributed by atoms with van der Waals surface area (Å²) in [7, 11) is 1.60. The van der Waals surface area contributed by atoms with E-state index in [0.717, 1.165) is 20.4 Å². The number of benzene rings is 2. The van der Waals surface area contributed by atoms with E-state index in [-0.39, 0.29) is 12.3 Å². The highest BCUT2D eigenvalue weighted by atomic mass is 127. The second-order valence-electron chi connectivity index (χ2n) is 4.34. The first-order valence-corrected chi connectivity index (χ1v) is 7.46. The van der Waals surface area contributed by atoms with Crippen LogP contribution in [0.4, 0.5) is 0 Å². The number of carbonyl (C=O) groups excluding carboxylic acids is 1. The molecule has 5 heteroatoms. The number of rotatable bonds is 5. The summed E-state index contributed by atoms with van der Waals surface area (Å²) in [6.45, 7) is 0. The maximum absolute atomic E-state index is 11.8. The van der Waals surface area contributed by atoms with Gasteiger partial charge in [-0.05, 0) is 46.4 Å². The first kappa shape index (κ1) is 15.5. The molecule has 0 unspecified atom stereocenters. The molecule has 21 heavy (non-hydrogen) atoms. The minimum Gasteiger partial charge on any atom is -0.497 e. The third-order valence-corrected chi connectivity index (χ3v) is 3.78. The topological polar surface area (TPSA) is 50.7 Å². The average molecular weight is 394 g/mol. The quantitative estimate of drug-likeness (QED) is 0.482. The standard InChI is InChI=1S/C16H15IN2O2/c1-21-14-7-4-5-12(9-14)10-16(20)19-18-11-13-6-2-3-8-15(13)17/h2-9,11H,10H2,1H3,(H,19,20)/b18-11+. The lowest BCUT2D eigenvalue weighted by atomic mass is 10.1. The minimum absolute atomic E-state index is 0.162. The molecule has 0 fully saturated rings. The Morgan fingerprint density at radius 1 is 1.29 bits per heavy atom. The van der Waals surface area contributed by atoms with Crippen molar-refractivity contribution in [1.82, 2.24) is 5.43 Å². The van der Waals surface area contributed by atoms with Crippen LogP contribution in [0.25, 0.3) is 0 Å². The highest BCUT2D eigenvalue weighted by Gasteiger charge is 2.03.